The lowest BCUT2D eigenvalue weighted by Crippen LogP contribution is -2.38. The van der Waals surface area contributed by atoms with Gasteiger partial charge in [-0.3, -0.25) is 23.5 Å². The Balaban J connectivity index is 2.93. The molecule has 0 aliphatic carbocycles. The fourth-order valence-electron chi connectivity index (χ4n) is 1.20. The molecule has 8 nitrogen and oxygen atoms in total. The second-order valence-electron chi connectivity index (χ2n) is 3.60. The van der Waals surface area contributed by atoms with Crippen LogP contribution in [0.25, 0.3) is 0 Å². The highest BCUT2D eigenvalue weighted by molar-refractivity contribution is 5.91. The Bertz CT molecular complexity index is 599. The van der Waals surface area contributed by atoms with Gasteiger partial charge in [0.25, 0.3) is 11.5 Å². The Labute approximate surface area is 102 Å². The van der Waals surface area contributed by atoms with Crippen LogP contribution in [0.4, 0.5) is 5.82 Å². The molecule has 0 atom stereocenters. The Kier molecular flexibility index (Phi) is 4.03. The zero-order valence-corrected chi connectivity index (χ0v) is 10.2. The van der Waals surface area contributed by atoms with Crippen molar-refractivity contribution in [3.05, 3.63) is 26.9 Å². The van der Waals surface area contributed by atoms with Crippen LogP contribution in [0, 0.1) is 0 Å². The number of carbonyl (C=O) groups is 2. The maximum atomic E-state index is 11.5. The molecule has 8 heteroatoms. The van der Waals surface area contributed by atoms with Gasteiger partial charge in [0.1, 0.15) is 5.82 Å². The molecule has 1 N–H and O–H groups in total. The van der Waals surface area contributed by atoms with Gasteiger partial charge in [-0.1, -0.05) is 0 Å². The third-order valence-electron chi connectivity index (χ3n) is 2.20. The number of nitrogens with zero attached hydrogens (tertiary/aromatic N) is 2. The summed E-state index contributed by atoms with van der Waals surface area (Å²) in [5.41, 5.74) is -1.11. The summed E-state index contributed by atoms with van der Waals surface area (Å²) in [6.07, 6.45) is 0. The molecule has 1 rings (SSSR count). The van der Waals surface area contributed by atoms with E-state index in [2.05, 4.69) is 10.1 Å². The zero-order chi connectivity index (χ0) is 13.9. The largest absolute Gasteiger partial charge is 0.456 e. The van der Waals surface area contributed by atoms with Crippen molar-refractivity contribution in [2.75, 3.05) is 11.9 Å². The van der Waals surface area contributed by atoms with E-state index in [1.807, 2.05) is 0 Å². The van der Waals surface area contributed by atoms with Crippen molar-refractivity contribution in [1.29, 1.82) is 0 Å². The van der Waals surface area contributed by atoms with Gasteiger partial charge in [-0.25, -0.2) is 4.79 Å². The molecule has 0 unspecified atom stereocenters. The third kappa shape index (κ3) is 3.06. The van der Waals surface area contributed by atoms with Crippen LogP contribution in [0.1, 0.15) is 6.92 Å². The molecule has 18 heavy (non-hydrogen) atoms. The minimum Gasteiger partial charge on any atom is -0.456 e. The zero-order valence-electron chi connectivity index (χ0n) is 10.2. The topological polar surface area (TPSA) is 99.4 Å². The Morgan fingerprint density at radius 1 is 1.28 bits per heavy atom. The second kappa shape index (κ2) is 5.30. The monoisotopic (exact) mass is 255 g/mol. The number of hydrogen-bond donors (Lipinski definition) is 1. The lowest BCUT2D eigenvalue weighted by molar-refractivity contribution is -0.144. The van der Waals surface area contributed by atoms with Crippen molar-refractivity contribution in [1.82, 2.24) is 9.13 Å². The van der Waals surface area contributed by atoms with Gasteiger partial charge in [0, 0.05) is 27.1 Å². The standard InChI is InChI=1S/C10H13N3O5/c1-6(14)18-5-8(15)11-7-4-9(16)13(3)10(17)12(7)2/h4H,5H2,1-3H3,(H,11,15). The van der Waals surface area contributed by atoms with Crippen molar-refractivity contribution in [3.63, 3.8) is 0 Å². The van der Waals surface area contributed by atoms with E-state index in [1.165, 1.54) is 21.0 Å². The van der Waals surface area contributed by atoms with Gasteiger partial charge < -0.3 is 10.1 Å². The summed E-state index contributed by atoms with van der Waals surface area (Å²) in [5, 5.41) is 2.31. The van der Waals surface area contributed by atoms with Gasteiger partial charge in [0.2, 0.25) is 0 Å². The molecule has 0 saturated heterocycles. The maximum absolute atomic E-state index is 11.5. The van der Waals surface area contributed by atoms with Gasteiger partial charge in [0.15, 0.2) is 6.61 Å². The molecule has 0 bridgehead atoms. The van der Waals surface area contributed by atoms with E-state index in [0.717, 1.165) is 15.2 Å². The highest BCUT2D eigenvalue weighted by Gasteiger charge is 2.10. The number of anilines is 1. The van der Waals surface area contributed by atoms with Crippen LogP contribution in [-0.4, -0.2) is 27.6 Å². The first-order valence-corrected chi connectivity index (χ1v) is 5.03. The van der Waals surface area contributed by atoms with Gasteiger partial charge in [-0.05, 0) is 0 Å². The molecule has 0 aliphatic rings. The summed E-state index contributed by atoms with van der Waals surface area (Å²) < 4.78 is 6.49. The van der Waals surface area contributed by atoms with Gasteiger partial charge >= 0.3 is 11.7 Å². The summed E-state index contributed by atoms with van der Waals surface area (Å²) in [7, 11) is 2.73. The van der Waals surface area contributed by atoms with Crippen molar-refractivity contribution in [2.45, 2.75) is 6.92 Å². The lowest BCUT2D eigenvalue weighted by atomic mass is 10.5. The third-order valence-corrected chi connectivity index (χ3v) is 2.20. The average molecular weight is 255 g/mol. The van der Waals surface area contributed by atoms with Crippen LogP contribution in [0.3, 0.4) is 0 Å². The highest BCUT2D eigenvalue weighted by atomic mass is 16.5. The average Bonchev–Trinajstić information content (AvgIpc) is 2.30. The van der Waals surface area contributed by atoms with Gasteiger partial charge in [0.05, 0.1) is 0 Å². The molecule has 0 radical (unpaired) electrons. The second-order valence-corrected chi connectivity index (χ2v) is 3.60. The molecule has 1 heterocycles. The molecule has 0 saturated carbocycles. The highest BCUT2D eigenvalue weighted by Crippen LogP contribution is 1.98. The molecule has 1 aromatic heterocycles. The fraction of sp³-hybridized carbons (Fsp3) is 0.400. The lowest BCUT2D eigenvalue weighted by Gasteiger charge is -2.10. The van der Waals surface area contributed by atoms with Gasteiger partial charge in [-0.15, -0.1) is 0 Å². The summed E-state index contributed by atoms with van der Waals surface area (Å²) in [5.74, 6) is -1.18. The van der Waals surface area contributed by atoms with Crippen LogP contribution >= 0.6 is 0 Å². The van der Waals surface area contributed by atoms with Crippen molar-refractivity contribution < 1.29 is 14.3 Å². The molecule has 0 aromatic carbocycles. The van der Waals surface area contributed by atoms with Crippen LogP contribution in [0.2, 0.25) is 0 Å². The minimum atomic E-state index is -0.631. The summed E-state index contributed by atoms with van der Waals surface area (Å²) in [4.78, 5) is 44.8. The van der Waals surface area contributed by atoms with E-state index in [-0.39, 0.29) is 5.82 Å². The molecular formula is C10H13N3O5. The molecule has 1 aromatic rings. The van der Waals surface area contributed by atoms with Crippen LogP contribution < -0.4 is 16.6 Å². The van der Waals surface area contributed by atoms with E-state index in [9.17, 15) is 19.2 Å². The number of nitrogens with one attached hydrogen (secondary N) is 1. The molecular weight excluding hydrogens is 242 g/mol. The van der Waals surface area contributed by atoms with Crippen molar-refractivity contribution in [2.24, 2.45) is 14.1 Å². The number of ether oxygens (including phenoxy) is 1. The number of esters is 1. The Morgan fingerprint density at radius 2 is 1.89 bits per heavy atom. The van der Waals surface area contributed by atoms with E-state index in [1.54, 1.807) is 0 Å². The summed E-state index contributed by atoms with van der Waals surface area (Å²) in [6, 6.07) is 1.10. The predicted molar refractivity (Wildman–Crippen MR) is 62.2 cm³/mol. The van der Waals surface area contributed by atoms with E-state index in [0.29, 0.717) is 0 Å². The fourth-order valence-corrected chi connectivity index (χ4v) is 1.20. The molecule has 98 valence electrons. The molecule has 0 aliphatic heterocycles. The van der Waals surface area contributed by atoms with E-state index in [4.69, 9.17) is 0 Å². The first-order valence-electron chi connectivity index (χ1n) is 5.03. The Morgan fingerprint density at radius 3 is 2.44 bits per heavy atom. The SMILES string of the molecule is CC(=O)OCC(=O)Nc1cc(=O)n(C)c(=O)n1C. The number of aromatic nitrogens is 2. The molecule has 0 fully saturated rings. The van der Waals surface area contributed by atoms with Crippen LogP contribution in [-0.2, 0) is 28.4 Å². The number of amides is 1. The van der Waals surface area contributed by atoms with Crippen molar-refractivity contribution >= 4 is 17.7 Å². The molecule has 0 spiro atoms. The van der Waals surface area contributed by atoms with E-state index < -0.39 is 29.7 Å². The summed E-state index contributed by atoms with van der Waals surface area (Å²) in [6.45, 7) is 0.694. The van der Waals surface area contributed by atoms with E-state index >= 15 is 0 Å². The Hall–Kier alpha value is -2.38. The minimum absolute atomic E-state index is 0.0419. The quantitative estimate of drug-likeness (QED) is 0.669. The number of carbonyl (C=O) groups excluding carboxylic acids is 2. The molecule has 1 amide bonds. The first-order chi connectivity index (χ1) is 8.32. The first kappa shape index (κ1) is 13.7. The predicted octanol–water partition coefficient (Wildman–Crippen LogP) is -1.41. The smallest absolute Gasteiger partial charge is 0.332 e. The van der Waals surface area contributed by atoms with Crippen molar-refractivity contribution in [3.8, 4) is 0 Å². The maximum Gasteiger partial charge on any atom is 0.332 e. The number of hydrogen-bond acceptors (Lipinski definition) is 5. The van der Waals surface area contributed by atoms with Crippen LogP contribution in [0.5, 0.6) is 0 Å². The summed E-state index contributed by atoms with van der Waals surface area (Å²) >= 11 is 0. The number of rotatable bonds is 3. The van der Waals surface area contributed by atoms with Crippen LogP contribution in [0.15, 0.2) is 15.7 Å². The normalized spacial score (nSPS) is 9.94. The van der Waals surface area contributed by atoms with Gasteiger partial charge in [-0.2, -0.15) is 0 Å².